The van der Waals surface area contributed by atoms with E-state index in [1.165, 1.54) is 7.11 Å². The molecule has 1 amide bonds. The van der Waals surface area contributed by atoms with Crippen molar-refractivity contribution >= 4 is 11.9 Å². The third-order valence-electron chi connectivity index (χ3n) is 6.58. The number of benzene rings is 2. The molecule has 4 heteroatoms. The van der Waals surface area contributed by atoms with Gasteiger partial charge in [0.2, 0.25) is 5.91 Å². The molecule has 1 saturated heterocycles. The smallest absolute Gasteiger partial charge is 0.309 e. The number of carbonyl (C=O) groups is 2. The molecular weight excluding hydrogens is 374 g/mol. The van der Waals surface area contributed by atoms with Crippen molar-refractivity contribution in [1.29, 1.82) is 0 Å². The Morgan fingerprint density at radius 2 is 1.40 bits per heavy atom. The lowest BCUT2D eigenvalue weighted by Crippen LogP contribution is -2.43. The molecule has 4 atom stereocenters. The van der Waals surface area contributed by atoms with Crippen molar-refractivity contribution in [2.45, 2.75) is 44.7 Å². The molecule has 0 bridgehead atoms. The Labute approximate surface area is 178 Å². The molecule has 0 N–H and O–H groups in total. The summed E-state index contributed by atoms with van der Waals surface area (Å²) in [7, 11) is 1.41. The average molecular weight is 404 g/mol. The van der Waals surface area contributed by atoms with E-state index in [1.54, 1.807) is 0 Å². The van der Waals surface area contributed by atoms with Gasteiger partial charge >= 0.3 is 5.97 Å². The summed E-state index contributed by atoms with van der Waals surface area (Å²) in [5, 5.41) is 0. The largest absolute Gasteiger partial charge is 0.469 e. The minimum atomic E-state index is -0.416. The van der Waals surface area contributed by atoms with E-state index in [9.17, 15) is 9.59 Å². The Morgan fingerprint density at radius 1 is 0.867 bits per heavy atom. The van der Waals surface area contributed by atoms with Crippen LogP contribution >= 0.6 is 0 Å². The monoisotopic (exact) mass is 403 g/mol. The van der Waals surface area contributed by atoms with Gasteiger partial charge in [0.25, 0.3) is 0 Å². The quantitative estimate of drug-likeness (QED) is 0.518. The number of esters is 1. The van der Waals surface area contributed by atoms with Crippen LogP contribution in [-0.2, 0) is 14.3 Å². The van der Waals surface area contributed by atoms with Crippen LogP contribution in [0, 0.1) is 11.8 Å². The topological polar surface area (TPSA) is 46.6 Å². The van der Waals surface area contributed by atoms with Crippen molar-refractivity contribution in [1.82, 2.24) is 4.90 Å². The molecule has 2 aliphatic rings. The van der Waals surface area contributed by atoms with Crippen LogP contribution in [0.5, 0.6) is 0 Å². The Morgan fingerprint density at radius 3 is 1.90 bits per heavy atom. The Hall–Kier alpha value is -2.88. The maximum absolute atomic E-state index is 14.0. The Balaban J connectivity index is 1.71. The maximum Gasteiger partial charge on any atom is 0.309 e. The van der Waals surface area contributed by atoms with Gasteiger partial charge in [-0.25, -0.2) is 0 Å². The van der Waals surface area contributed by atoms with Crippen molar-refractivity contribution in [2.75, 3.05) is 7.11 Å². The van der Waals surface area contributed by atoms with Crippen molar-refractivity contribution in [3.8, 4) is 0 Å². The summed E-state index contributed by atoms with van der Waals surface area (Å²) >= 11 is 0. The first-order valence-electron chi connectivity index (χ1n) is 10.8. The molecular formula is C26H29NO3. The highest BCUT2D eigenvalue weighted by molar-refractivity contribution is 5.87. The van der Waals surface area contributed by atoms with Gasteiger partial charge in [0.1, 0.15) is 0 Å². The van der Waals surface area contributed by atoms with Crippen LogP contribution in [0.25, 0.3) is 0 Å². The number of likely N-dealkylation sites (tertiary alicyclic amines) is 1. The van der Waals surface area contributed by atoms with E-state index in [2.05, 4.69) is 35.2 Å². The van der Waals surface area contributed by atoms with Gasteiger partial charge in [-0.05, 0) is 43.7 Å². The number of hydrogen-bond acceptors (Lipinski definition) is 3. The van der Waals surface area contributed by atoms with E-state index >= 15 is 0 Å². The molecule has 1 heterocycles. The summed E-state index contributed by atoms with van der Waals surface area (Å²) in [6, 6.07) is 20.5. The number of nitrogens with zero attached hydrogens (tertiary/aromatic N) is 1. The lowest BCUT2D eigenvalue weighted by molar-refractivity contribution is -0.154. The van der Waals surface area contributed by atoms with Crippen molar-refractivity contribution < 1.29 is 14.3 Å². The van der Waals surface area contributed by atoms with Crippen LogP contribution in [-0.4, -0.2) is 23.9 Å². The van der Waals surface area contributed by atoms with Crippen molar-refractivity contribution in [3.05, 3.63) is 83.4 Å². The molecule has 0 radical (unpaired) electrons. The van der Waals surface area contributed by atoms with E-state index in [0.29, 0.717) is 12.8 Å². The second-order valence-electron chi connectivity index (χ2n) is 8.40. The lowest BCUT2D eigenvalue weighted by atomic mass is 9.78. The van der Waals surface area contributed by atoms with E-state index < -0.39 is 5.92 Å². The van der Waals surface area contributed by atoms with Gasteiger partial charge in [0.05, 0.1) is 31.0 Å². The van der Waals surface area contributed by atoms with Gasteiger partial charge in [0, 0.05) is 0 Å². The molecule has 1 aliphatic carbocycles. The molecule has 30 heavy (non-hydrogen) atoms. The Kier molecular flexibility index (Phi) is 6.03. The molecule has 0 aromatic heterocycles. The molecule has 4 rings (SSSR count). The Bertz CT molecular complexity index is 874. The fraction of sp³-hybridized carbons (Fsp3) is 0.385. The number of carbonyl (C=O) groups excluding carboxylic acids is 2. The summed E-state index contributed by atoms with van der Waals surface area (Å²) in [5.74, 6) is -1.01. The van der Waals surface area contributed by atoms with Gasteiger partial charge in [-0.15, -0.1) is 0 Å². The highest BCUT2D eigenvalue weighted by Crippen LogP contribution is 2.46. The molecule has 0 spiro atoms. The second kappa shape index (κ2) is 8.86. The van der Waals surface area contributed by atoms with Crippen LogP contribution in [0.2, 0.25) is 0 Å². The normalized spacial score (nSPS) is 26.2. The standard InChI is InChI=1S/C26H29NO3/c1-18-13-14-21(22(17-18)26(29)30-2)25(28)27-23(19-9-5-3-6-10-19)15-16-24(27)20-11-7-4-8-12-20/h3-13,21-24H,14-17H2,1-2H3/t21-,22+,23+,24+/m0/s1. The van der Waals surface area contributed by atoms with Gasteiger partial charge in [-0.3, -0.25) is 9.59 Å². The molecule has 0 saturated carbocycles. The van der Waals surface area contributed by atoms with Crippen LogP contribution in [0.1, 0.15) is 55.8 Å². The number of amides is 1. The third kappa shape index (κ3) is 3.91. The molecule has 156 valence electrons. The van der Waals surface area contributed by atoms with E-state index in [4.69, 9.17) is 4.74 Å². The first-order valence-corrected chi connectivity index (χ1v) is 10.8. The number of rotatable bonds is 4. The summed E-state index contributed by atoms with van der Waals surface area (Å²) in [4.78, 5) is 28.6. The number of hydrogen-bond donors (Lipinski definition) is 0. The van der Waals surface area contributed by atoms with Gasteiger partial charge in [-0.2, -0.15) is 0 Å². The van der Waals surface area contributed by atoms with Crippen LogP contribution < -0.4 is 0 Å². The third-order valence-corrected chi connectivity index (χ3v) is 6.58. The van der Waals surface area contributed by atoms with Crippen molar-refractivity contribution in [2.24, 2.45) is 11.8 Å². The van der Waals surface area contributed by atoms with Crippen LogP contribution in [0.15, 0.2) is 72.3 Å². The van der Waals surface area contributed by atoms with E-state index in [1.807, 2.05) is 43.3 Å². The highest BCUT2D eigenvalue weighted by Gasteiger charge is 2.45. The molecule has 4 nitrogen and oxygen atoms in total. The van der Waals surface area contributed by atoms with Crippen molar-refractivity contribution in [3.63, 3.8) is 0 Å². The second-order valence-corrected chi connectivity index (χ2v) is 8.40. The SMILES string of the molecule is COC(=O)[C@@H]1CC(C)=CC[C@@H]1C(=O)N1[C@@H](c2ccccc2)CC[C@@H]1c1ccccc1. The molecule has 0 unspecified atom stereocenters. The average Bonchev–Trinajstić information content (AvgIpc) is 3.24. The summed E-state index contributed by atoms with van der Waals surface area (Å²) in [5.41, 5.74) is 3.46. The summed E-state index contributed by atoms with van der Waals surface area (Å²) < 4.78 is 5.07. The molecule has 1 aliphatic heterocycles. The van der Waals surface area contributed by atoms with E-state index in [0.717, 1.165) is 29.5 Å². The first kappa shape index (κ1) is 20.4. The minimum absolute atomic E-state index is 0.0224. The first-order chi connectivity index (χ1) is 14.6. The number of allylic oxidation sites excluding steroid dienone is 2. The summed E-state index contributed by atoms with van der Waals surface area (Å²) in [6.07, 6.45) is 5.11. The van der Waals surface area contributed by atoms with E-state index in [-0.39, 0.29) is 29.9 Å². The zero-order valence-corrected chi connectivity index (χ0v) is 17.7. The lowest BCUT2D eigenvalue weighted by Gasteiger charge is -2.37. The minimum Gasteiger partial charge on any atom is -0.469 e. The zero-order chi connectivity index (χ0) is 21.1. The van der Waals surface area contributed by atoms with Crippen LogP contribution in [0.3, 0.4) is 0 Å². The maximum atomic E-state index is 14.0. The van der Waals surface area contributed by atoms with Crippen LogP contribution in [0.4, 0.5) is 0 Å². The highest BCUT2D eigenvalue weighted by atomic mass is 16.5. The number of methoxy groups -OCH3 is 1. The zero-order valence-electron chi connectivity index (χ0n) is 17.7. The van der Waals surface area contributed by atoms with Gasteiger partial charge < -0.3 is 9.64 Å². The molecule has 1 fully saturated rings. The predicted molar refractivity (Wildman–Crippen MR) is 116 cm³/mol. The van der Waals surface area contributed by atoms with Gasteiger partial charge in [-0.1, -0.05) is 72.3 Å². The summed E-state index contributed by atoms with van der Waals surface area (Å²) in [6.45, 7) is 2.02. The molecule has 2 aromatic carbocycles. The number of ether oxygens (including phenoxy) is 1. The predicted octanol–water partition coefficient (Wildman–Crippen LogP) is 5.24. The van der Waals surface area contributed by atoms with Gasteiger partial charge in [0.15, 0.2) is 0 Å². The molecule has 2 aromatic rings. The fourth-order valence-corrected chi connectivity index (χ4v) is 5.05. The fourth-order valence-electron chi connectivity index (χ4n) is 5.05.